The second-order valence-electron chi connectivity index (χ2n) is 3.42. The van der Waals surface area contributed by atoms with Gasteiger partial charge in [-0.05, 0) is 32.9 Å². The predicted molar refractivity (Wildman–Crippen MR) is 49.5 cm³/mol. The van der Waals surface area contributed by atoms with E-state index in [1.807, 2.05) is 0 Å². The Kier molecular flexibility index (Phi) is 3.92. The number of rotatable bonds is 3. The lowest BCUT2D eigenvalue weighted by atomic mass is 9.94. The smallest absolute Gasteiger partial charge is 0.00951 e. The van der Waals surface area contributed by atoms with Crippen LogP contribution in [0.2, 0.25) is 0 Å². The quantitative estimate of drug-likeness (QED) is 0.603. The molecule has 0 atom stereocenters. The van der Waals surface area contributed by atoms with Gasteiger partial charge >= 0.3 is 0 Å². The molecule has 0 aliphatic heterocycles. The first-order chi connectivity index (χ1) is 5.38. The van der Waals surface area contributed by atoms with Gasteiger partial charge in [-0.25, -0.2) is 0 Å². The van der Waals surface area contributed by atoms with E-state index in [-0.39, 0.29) is 0 Å². The maximum atomic E-state index is 3.96. The van der Waals surface area contributed by atoms with Gasteiger partial charge in [0.1, 0.15) is 0 Å². The molecule has 1 fully saturated rings. The molecule has 0 aromatic heterocycles. The maximum Gasteiger partial charge on any atom is 0.00951 e. The zero-order valence-corrected chi connectivity index (χ0v) is 7.68. The van der Waals surface area contributed by atoms with Crippen LogP contribution in [-0.4, -0.2) is 24.0 Å². The van der Waals surface area contributed by atoms with Crippen molar-refractivity contribution < 1.29 is 0 Å². The lowest BCUT2D eigenvalue weighted by Gasteiger charge is -2.32. The Balaban J connectivity index is 2.30. The van der Waals surface area contributed by atoms with E-state index < -0.39 is 0 Å². The molecule has 0 bridgehead atoms. The Morgan fingerprint density at radius 1 is 1.27 bits per heavy atom. The lowest BCUT2D eigenvalue weighted by Crippen LogP contribution is -2.36. The second-order valence-corrected chi connectivity index (χ2v) is 3.42. The van der Waals surface area contributed by atoms with Gasteiger partial charge in [0.05, 0.1) is 0 Å². The molecule has 1 radical (unpaired) electrons. The maximum absolute atomic E-state index is 3.96. The van der Waals surface area contributed by atoms with E-state index >= 15 is 0 Å². The number of hydrogen-bond acceptors (Lipinski definition) is 1. The van der Waals surface area contributed by atoms with Crippen molar-refractivity contribution in [3.05, 3.63) is 6.92 Å². The summed E-state index contributed by atoms with van der Waals surface area (Å²) in [4.78, 5) is 2.50. The number of nitrogens with zero attached hydrogens (tertiary/aromatic N) is 1. The average molecular weight is 154 g/mol. The van der Waals surface area contributed by atoms with Crippen LogP contribution >= 0.6 is 0 Å². The van der Waals surface area contributed by atoms with Gasteiger partial charge in [-0.15, -0.1) is 0 Å². The van der Waals surface area contributed by atoms with E-state index in [4.69, 9.17) is 0 Å². The van der Waals surface area contributed by atoms with Crippen molar-refractivity contribution in [1.29, 1.82) is 0 Å². The minimum atomic E-state index is 0.853. The Labute approximate surface area is 70.8 Å². The van der Waals surface area contributed by atoms with Crippen LogP contribution in [0.25, 0.3) is 0 Å². The molecule has 1 rings (SSSR count). The first kappa shape index (κ1) is 9.05. The molecule has 0 heterocycles. The molecule has 0 spiro atoms. The first-order valence-electron chi connectivity index (χ1n) is 4.91. The molecule has 0 aromatic rings. The van der Waals surface area contributed by atoms with Crippen molar-refractivity contribution in [2.45, 2.75) is 45.1 Å². The predicted octanol–water partition coefficient (Wildman–Crippen LogP) is 2.48. The molecule has 1 aliphatic rings. The zero-order chi connectivity index (χ0) is 8.10. The summed E-state index contributed by atoms with van der Waals surface area (Å²) in [5, 5.41) is 0. The van der Waals surface area contributed by atoms with Crippen molar-refractivity contribution in [3.8, 4) is 0 Å². The van der Waals surface area contributed by atoms with Crippen LogP contribution in [0.1, 0.15) is 39.0 Å². The highest BCUT2D eigenvalue weighted by Gasteiger charge is 2.17. The van der Waals surface area contributed by atoms with Crippen LogP contribution in [0.15, 0.2) is 0 Å². The molecule has 1 saturated carbocycles. The summed E-state index contributed by atoms with van der Waals surface area (Å²) >= 11 is 0. The fourth-order valence-electron chi connectivity index (χ4n) is 2.05. The summed E-state index contributed by atoms with van der Waals surface area (Å²) in [6, 6.07) is 0.853. The van der Waals surface area contributed by atoms with Crippen molar-refractivity contribution in [3.63, 3.8) is 0 Å². The zero-order valence-electron chi connectivity index (χ0n) is 7.68. The fourth-order valence-corrected chi connectivity index (χ4v) is 2.05. The second kappa shape index (κ2) is 4.76. The summed E-state index contributed by atoms with van der Waals surface area (Å²) < 4.78 is 0. The normalized spacial score (nSPS) is 21.0. The summed E-state index contributed by atoms with van der Waals surface area (Å²) in [6.07, 6.45) is 7.13. The fraction of sp³-hybridized carbons (Fsp3) is 0.900. The third-order valence-electron chi connectivity index (χ3n) is 2.78. The van der Waals surface area contributed by atoms with Crippen LogP contribution < -0.4 is 0 Å². The van der Waals surface area contributed by atoms with Crippen LogP contribution in [0.3, 0.4) is 0 Å². The van der Waals surface area contributed by atoms with Crippen molar-refractivity contribution in [1.82, 2.24) is 4.90 Å². The van der Waals surface area contributed by atoms with Crippen LogP contribution in [0.4, 0.5) is 0 Å². The van der Waals surface area contributed by atoms with E-state index in [2.05, 4.69) is 18.7 Å². The first-order valence-corrected chi connectivity index (χ1v) is 4.91. The molecule has 11 heavy (non-hydrogen) atoms. The van der Waals surface area contributed by atoms with Crippen LogP contribution in [0.5, 0.6) is 0 Å². The Morgan fingerprint density at radius 2 is 1.91 bits per heavy atom. The van der Waals surface area contributed by atoms with Gasteiger partial charge < -0.3 is 4.90 Å². The van der Waals surface area contributed by atoms with Crippen LogP contribution in [0, 0.1) is 6.92 Å². The van der Waals surface area contributed by atoms with Crippen molar-refractivity contribution in [2.24, 2.45) is 0 Å². The van der Waals surface area contributed by atoms with E-state index in [1.165, 1.54) is 38.6 Å². The lowest BCUT2D eigenvalue weighted by molar-refractivity contribution is 0.180. The monoisotopic (exact) mass is 154 g/mol. The number of hydrogen-bond donors (Lipinski definition) is 0. The van der Waals surface area contributed by atoms with Gasteiger partial charge in [-0.1, -0.05) is 26.2 Å². The van der Waals surface area contributed by atoms with Gasteiger partial charge in [0.15, 0.2) is 0 Å². The third kappa shape index (κ3) is 2.48. The van der Waals surface area contributed by atoms with Crippen LogP contribution in [-0.2, 0) is 0 Å². The summed E-state index contributed by atoms with van der Waals surface area (Å²) in [5.74, 6) is 0. The van der Waals surface area contributed by atoms with Crippen molar-refractivity contribution >= 4 is 0 Å². The molecule has 1 aliphatic carbocycles. The Morgan fingerprint density at radius 3 is 2.36 bits per heavy atom. The molecule has 0 aromatic carbocycles. The van der Waals surface area contributed by atoms with E-state index in [0.717, 1.165) is 12.6 Å². The molecule has 1 nitrogen and oxygen atoms in total. The van der Waals surface area contributed by atoms with E-state index in [1.54, 1.807) is 0 Å². The van der Waals surface area contributed by atoms with Gasteiger partial charge in [0, 0.05) is 6.04 Å². The molecule has 1 heteroatoms. The van der Waals surface area contributed by atoms with Crippen molar-refractivity contribution in [2.75, 3.05) is 13.1 Å². The highest BCUT2D eigenvalue weighted by atomic mass is 15.1. The summed E-state index contributed by atoms with van der Waals surface area (Å²) in [7, 11) is 0. The van der Waals surface area contributed by atoms with Gasteiger partial charge in [0.2, 0.25) is 0 Å². The molecule has 0 amide bonds. The largest absolute Gasteiger partial charge is 0.301 e. The molecule has 65 valence electrons. The third-order valence-corrected chi connectivity index (χ3v) is 2.78. The molecule has 0 saturated heterocycles. The molecular formula is C10H20N. The molecule has 0 unspecified atom stereocenters. The highest BCUT2D eigenvalue weighted by Crippen LogP contribution is 2.21. The minimum absolute atomic E-state index is 0.853. The Bertz CT molecular complexity index is 91.0. The molecule has 0 N–H and O–H groups in total. The minimum Gasteiger partial charge on any atom is -0.301 e. The highest BCUT2D eigenvalue weighted by molar-refractivity contribution is 4.75. The van der Waals surface area contributed by atoms with E-state index in [9.17, 15) is 0 Å². The van der Waals surface area contributed by atoms with Gasteiger partial charge in [-0.3, -0.25) is 0 Å². The Hall–Kier alpha value is -0.0400. The SMILES string of the molecule is [CH2]CN(CC)C1CCCCC1. The summed E-state index contributed by atoms with van der Waals surface area (Å²) in [5.41, 5.74) is 0. The van der Waals surface area contributed by atoms with Gasteiger partial charge in [-0.2, -0.15) is 0 Å². The average Bonchev–Trinajstić information content (AvgIpc) is 2.09. The van der Waals surface area contributed by atoms with Gasteiger partial charge in [0.25, 0.3) is 0 Å². The topological polar surface area (TPSA) is 3.24 Å². The van der Waals surface area contributed by atoms with E-state index in [0.29, 0.717) is 0 Å². The standard InChI is InChI=1S/C10H20N/c1-3-11(4-2)10-8-6-5-7-9-10/h10H,1,3-9H2,2H3. The molecular weight excluding hydrogens is 134 g/mol. The summed E-state index contributed by atoms with van der Waals surface area (Å²) in [6.45, 7) is 8.36.